The quantitative estimate of drug-likeness (QED) is 0.440. The van der Waals surface area contributed by atoms with Crippen LogP contribution in [0.25, 0.3) is 10.9 Å². The van der Waals surface area contributed by atoms with E-state index in [0.717, 1.165) is 25.0 Å². The Bertz CT molecular complexity index is 1270. The molecule has 1 saturated heterocycles. The molecule has 1 aliphatic rings. The number of amides is 1. The van der Waals surface area contributed by atoms with Crippen LogP contribution in [-0.2, 0) is 16.0 Å². The van der Waals surface area contributed by atoms with Crippen LogP contribution in [0.2, 0.25) is 0 Å². The van der Waals surface area contributed by atoms with Crippen molar-refractivity contribution < 1.29 is 19.1 Å². The first-order valence-corrected chi connectivity index (χ1v) is 10.7. The summed E-state index contributed by atoms with van der Waals surface area (Å²) in [5.41, 5.74) is 1.90. The van der Waals surface area contributed by atoms with Crippen LogP contribution >= 0.6 is 12.2 Å². The Morgan fingerprint density at radius 1 is 1.22 bits per heavy atom. The van der Waals surface area contributed by atoms with Gasteiger partial charge in [-0.15, -0.1) is 0 Å². The average molecular weight is 454 g/mol. The van der Waals surface area contributed by atoms with Crippen LogP contribution in [0, 0.1) is 4.77 Å². The lowest BCUT2D eigenvalue weighted by Crippen LogP contribution is -2.31. The highest BCUT2D eigenvalue weighted by Crippen LogP contribution is 2.14. The van der Waals surface area contributed by atoms with Gasteiger partial charge in [0.15, 0.2) is 4.77 Å². The maximum absolute atomic E-state index is 13.0. The number of hydrogen-bond donors (Lipinski definition) is 2. The highest BCUT2D eigenvalue weighted by atomic mass is 32.1. The van der Waals surface area contributed by atoms with E-state index in [9.17, 15) is 14.4 Å². The summed E-state index contributed by atoms with van der Waals surface area (Å²) in [4.78, 5) is 40.1. The van der Waals surface area contributed by atoms with Gasteiger partial charge in [-0.05, 0) is 61.0 Å². The molecule has 166 valence electrons. The van der Waals surface area contributed by atoms with Gasteiger partial charge in [-0.25, -0.2) is 4.79 Å². The van der Waals surface area contributed by atoms with E-state index in [1.165, 1.54) is 11.7 Å². The Hall–Kier alpha value is -3.30. The summed E-state index contributed by atoms with van der Waals surface area (Å²) in [6.07, 6.45) is 2.07. The lowest BCUT2D eigenvalue weighted by atomic mass is 10.1. The van der Waals surface area contributed by atoms with Crippen molar-refractivity contribution in [1.29, 1.82) is 0 Å². The number of aromatic nitrogens is 2. The van der Waals surface area contributed by atoms with E-state index >= 15 is 0 Å². The summed E-state index contributed by atoms with van der Waals surface area (Å²) in [6, 6.07) is 11.7. The second-order valence-electron chi connectivity index (χ2n) is 7.62. The third kappa shape index (κ3) is 4.63. The molecule has 2 heterocycles. The molecule has 1 aromatic heterocycles. The number of fused-ring (bicyclic) bond motifs is 1. The highest BCUT2D eigenvalue weighted by Gasteiger charge is 2.17. The number of nitrogens with zero attached hydrogens (tertiary/aromatic N) is 1. The van der Waals surface area contributed by atoms with Crippen LogP contribution in [0.5, 0.6) is 0 Å². The maximum atomic E-state index is 13.0. The van der Waals surface area contributed by atoms with E-state index < -0.39 is 5.97 Å². The SMILES string of the molecule is COC(=O)c1ccc2c(=O)n(Cc3ccc(C(=O)NCC4CCCO4)cc3)c(=S)[nH]c2c1. The monoisotopic (exact) mass is 453 g/mol. The average Bonchev–Trinajstić information content (AvgIpc) is 3.33. The molecule has 0 radical (unpaired) electrons. The minimum absolute atomic E-state index is 0.0865. The van der Waals surface area contributed by atoms with E-state index in [2.05, 4.69) is 10.3 Å². The zero-order valence-electron chi connectivity index (χ0n) is 17.6. The predicted molar refractivity (Wildman–Crippen MR) is 122 cm³/mol. The Morgan fingerprint density at radius 3 is 2.66 bits per heavy atom. The molecule has 1 atom stereocenters. The lowest BCUT2D eigenvalue weighted by molar-refractivity contribution is 0.0600. The number of esters is 1. The summed E-state index contributed by atoms with van der Waals surface area (Å²) in [5.74, 6) is -0.649. The Balaban J connectivity index is 1.51. The maximum Gasteiger partial charge on any atom is 0.337 e. The van der Waals surface area contributed by atoms with Gasteiger partial charge in [-0.2, -0.15) is 0 Å². The molecule has 2 aromatic carbocycles. The van der Waals surface area contributed by atoms with E-state index in [-0.39, 0.29) is 28.9 Å². The highest BCUT2D eigenvalue weighted by molar-refractivity contribution is 7.71. The van der Waals surface area contributed by atoms with Crippen LogP contribution in [0.15, 0.2) is 47.3 Å². The molecular weight excluding hydrogens is 430 g/mol. The molecule has 1 amide bonds. The Kier molecular flexibility index (Phi) is 6.48. The van der Waals surface area contributed by atoms with Gasteiger partial charge < -0.3 is 19.8 Å². The first-order valence-electron chi connectivity index (χ1n) is 10.3. The van der Waals surface area contributed by atoms with Gasteiger partial charge >= 0.3 is 5.97 Å². The number of rotatable bonds is 6. The molecule has 1 unspecified atom stereocenters. The molecule has 0 saturated carbocycles. The fourth-order valence-corrected chi connectivity index (χ4v) is 3.96. The largest absolute Gasteiger partial charge is 0.465 e. The van der Waals surface area contributed by atoms with Gasteiger partial charge in [0.1, 0.15) is 0 Å². The lowest BCUT2D eigenvalue weighted by Gasteiger charge is -2.12. The van der Waals surface area contributed by atoms with Crippen molar-refractivity contribution in [3.05, 3.63) is 74.3 Å². The van der Waals surface area contributed by atoms with E-state index in [4.69, 9.17) is 21.7 Å². The molecule has 1 fully saturated rings. The van der Waals surface area contributed by atoms with Crippen LogP contribution in [0.1, 0.15) is 39.1 Å². The van der Waals surface area contributed by atoms with Crippen LogP contribution in [0.3, 0.4) is 0 Å². The fraction of sp³-hybridized carbons (Fsp3) is 0.304. The molecule has 2 N–H and O–H groups in total. The number of benzene rings is 2. The molecule has 0 bridgehead atoms. The van der Waals surface area contributed by atoms with Crippen molar-refractivity contribution in [3.8, 4) is 0 Å². The molecule has 4 rings (SSSR count). The Morgan fingerprint density at radius 2 is 1.97 bits per heavy atom. The summed E-state index contributed by atoms with van der Waals surface area (Å²) in [7, 11) is 1.30. The minimum Gasteiger partial charge on any atom is -0.465 e. The van der Waals surface area contributed by atoms with E-state index in [1.807, 2.05) is 0 Å². The molecule has 1 aliphatic heterocycles. The minimum atomic E-state index is -0.490. The third-order valence-corrected chi connectivity index (χ3v) is 5.80. The molecule has 9 heteroatoms. The normalized spacial score (nSPS) is 15.6. The first kappa shape index (κ1) is 21.9. The summed E-state index contributed by atoms with van der Waals surface area (Å²) in [5, 5.41) is 3.30. The number of carbonyl (C=O) groups excluding carboxylic acids is 2. The van der Waals surface area contributed by atoms with Crippen LogP contribution in [0.4, 0.5) is 0 Å². The number of H-pyrrole nitrogens is 1. The number of carbonyl (C=O) groups is 2. The molecule has 0 spiro atoms. The fourth-order valence-electron chi connectivity index (χ4n) is 3.70. The van der Waals surface area contributed by atoms with Crippen molar-refractivity contribution in [2.24, 2.45) is 0 Å². The van der Waals surface area contributed by atoms with Crippen molar-refractivity contribution in [1.82, 2.24) is 14.9 Å². The van der Waals surface area contributed by atoms with E-state index in [1.54, 1.807) is 42.5 Å². The van der Waals surface area contributed by atoms with Crippen molar-refractivity contribution in [3.63, 3.8) is 0 Å². The predicted octanol–water partition coefficient (Wildman–Crippen LogP) is 2.80. The smallest absolute Gasteiger partial charge is 0.337 e. The Labute approximate surface area is 189 Å². The van der Waals surface area contributed by atoms with Gasteiger partial charge in [0, 0.05) is 18.7 Å². The first-order chi connectivity index (χ1) is 15.5. The summed E-state index contributed by atoms with van der Waals surface area (Å²) >= 11 is 5.37. The van der Waals surface area contributed by atoms with Crippen LogP contribution < -0.4 is 10.9 Å². The van der Waals surface area contributed by atoms with Crippen molar-refractivity contribution in [2.75, 3.05) is 20.3 Å². The van der Waals surface area contributed by atoms with Gasteiger partial charge in [0.2, 0.25) is 0 Å². The molecule has 0 aliphatic carbocycles. The van der Waals surface area contributed by atoms with Crippen LogP contribution in [-0.4, -0.2) is 47.8 Å². The molecular formula is C23H23N3O5S. The van der Waals surface area contributed by atoms with E-state index in [0.29, 0.717) is 28.6 Å². The topological polar surface area (TPSA) is 102 Å². The third-order valence-electron chi connectivity index (χ3n) is 5.47. The van der Waals surface area contributed by atoms with Crippen molar-refractivity contribution >= 4 is 35.0 Å². The van der Waals surface area contributed by atoms with Gasteiger partial charge in [0.05, 0.1) is 36.2 Å². The van der Waals surface area contributed by atoms with Gasteiger partial charge in [0.25, 0.3) is 11.5 Å². The second-order valence-corrected chi connectivity index (χ2v) is 8.00. The summed E-state index contributed by atoms with van der Waals surface area (Å²) in [6.45, 7) is 1.50. The molecule has 3 aromatic rings. The number of aromatic amines is 1. The number of methoxy groups -OCH3 is 1. The summed E-state index contributed by atoms with van der Waals surface area (Å²) < 4.78 is 11.9. The van der Waals surface area contributed by atoms with Gasteiger partial charge in [-0.3, -0.25) is 14.2 Å². The van der Waals surface area contributed by atoms with Crippen molar-refractivity contribution in [2.45, 2.75) is 25.5 Å². The zero-order valence-corrected chi connectivity index (χ0v) is 18.4. The van der Waals surface area contributed by atoms with Gasteiger partial charge in [-0.1, -0.05) is 12.1 Å². The molecule has 32 heavy (non-hydrogen) atoms. The standard InChI is InChI=1S/C23H23N3O5S/c1-30-22(29)16-8-9-18-19(11-16)25-23(32)26(21(18)28)13-14-4-6-15(7-5-14)20(27)24-12-17-3-2-10-31-17/h4-9,11,17H,2-3,10,12-13H2,1H3,(H,24,27)(H,25,32). The number of hydrogen-bond acceptors (Lipinski definition) is 6. The molecule has 8 nitrogen and oxygen atoms in total. The number of ether oxygens (including phenoxy) is 2. The second kappa shape index (κ2) is 9.46. The zero-order chi connectivity index (χ0) is 22.7. The number of nitrogens with one attached hydrogen (secondary N) is 2.